The molecule has 0 bridgehead atoms. The summed E-state index contributed by atoms with van der Waals surface area (Å²) in [7, 11) is 1.70. The Morgan fingerprint density at radius 2 is 1.77 bits per heavy atom. The maximum Gasteiger partial charge on any atom is 0.236 e. The van der Waals surface area contributed by atoms with Crippen LogP contribution in [0.25, 0.3) is 11.1 Å². The number of hydrogen-bond acceptors (Lipinski definition) is 6. The van der Waals surface area contributed by atoms with E-state index in [2.05, 4.69) is 45.0 Å². The molecule has 3 fully saturated rings. The van der Waals surface area contributed by atoms with Crippen LogP contribution in [-0.2, 0) is 9.53 Å². The van der Waals surface area contributed by atoms with Gasteiger partial charge in [0.1, 0.15) is 5.75 Å². The van der Waals surface area contributed by atoms with Crippen LogP contribution in [0.3, 0.4) is 0 Å². The molecule has 3 aliphatic rings. The van der Waals surface area contributed by atoms with Crippen LogP contribution in [-0.4, -0.2) is 104 Å². The van der Waals surface area contributed by atoms with Crippen molar-refractivity contribution in [1.29, 1.82) is 0 Å². The second-order valence-corrected chi connectivity index (χ2v) is 9.84. The minimum atomic E-state index is 0.103. The molecule has 35 heavy (non-hydrogen) atoms. The van der Waals surface area contributed by atoms with Crippen molar-refractivity contribution in [3.63, 3.8) is 0 Å². The molecule has 3 saturated heterocycles. The van der Waals surface area contributed by atoms with E-state index in [-0.39, 0.29) is 30.5 Å². The van der Waals surface area contributed by atoms with Crippen molar-refractivity contribution in [2.75, 3.05) is 66.2 Å². The number of carbonyl (C=O) groups excluding carboxylic acids is 1. The Morgan fingerprint density at radius 3 is 2.51 bits per heavy atom. The molecule has 0 saturated carbocycles. The first-order valence-electron chi connectivity index (χ1n) is 12.9. The number of para-hydroxylation sites is 1. The fourth-order valence-corrected chi connectivity index (χ4v) is 5.99. The number of methoxy groups -OCH3 is 1. The number of fused-ring (bicyclic) bond motifs is 1. The maximum absolute atomic E-state index is 13.2. The first-order valence-corrected chi connectivity index (χ1v) is 12.9. The highest BCUT2D eigenvalue weighted by Crippen LogP contribution is 2.42. The number of morpholine rings is 1. The van der Waals surface area contributed by atoms with E-state index in [4.69, 9.17) is 9.47 Å². The highest BCUT2D eigenvalue weighted by atomic mass is 16.5. The van der Waals surface area contributed by atoms with Gasteiger partial charge >= 0.3 is 0 Å². The second-order valence-electron chi connectivity index (χ2n) is 9.84. The summed E-state index contributed by atoms with van der Waals surface area (Å²) >= 11 is 0. The lowest BCUT2D eigenvalue weighted by Gasteiger charge is -2.57. The quantitative estimate of drug-likeness (QED) is 0.687. The van der Waals surface area contributed by atoms with Crippen molar-refractivity contribution < 1.29 is 19.4 Å². The van der Waals surface area contributed by atoms with Gasteiger partial charge in [-0.05, 0) is 36.6 Å². The third-order valence-corrected chi connectivity index (χ3v) is 7.90. The number of carbonyl (C=O) groups is 1. The number of aliphatic hydroxyl groups is 1. The van der Waals surface area contributed by atoms with Gasteiger partial charge in [-0.3, -0.25) is 14.6 Å². The second kappa shape index (κ2) is 11.1. The van der Waals surface area contributed by atoms with Gasteiger partial charge in [-0.2, -0.15) is 0 Å². The third-order valence-electron chi connectivity index (χ3n) is 7.90. The molecule has 7 heteroatoms. The molecule has 0 aromatic heterocycles. The zero-order chi connectivity index (χ0) is 24.2. The van der Waals surface area contributed by atoms with Gasteiger partial charge in [0.05, 0.1) is 33.5 Å². The number of ether oxygens (including phenoxy) is 2. The van der Waals surface area contributed by atoms with E-state index < -0.39 is 0 Å². The first-order chi connectivity index (χ1) is 17.2. The smallest absolute Gasteiger partial charge is 0.236 e. The van der Waals surface area contributed by atoms with Crippen LogP contribution >= 0.6 is 0 Å². The zero-order valence-electron chi connectivity index (χ0n) is 20.6. The molecule has 2 aromatic rings. The minimum Gasteiger partial charge on any atom is -0.496 e. The van der Waals surface area contributed by atoms with Gasteiger partial charge in [-0.1, -0.05) is 42.5 Å². The predicted molar refractivity (Wildman–Crippen MR) is 136 cm³/mol. The lowest BCUT2D eigenvalue weighted by molar-refractivity contribution is -0.138. The van der Waals surface area contributed by atoms with Gasteiger partial charge in [0, 0.05) is 49.7 Å². The molecule has 0 aliphatic carbocycles. The summed E-state index contributed by atoms with van der Waals surface area (Å²) in [5, 5.41) is 10.3. The van der Waals surface area contributed by atoms with Gasteiger partial charge in [0.25, 0.3) is 0 Å². The summed E-state index contributed by atoms with van der Waals surface area (Å²) in [5.41, 5.74) is 3.41. The van der Waals surface area contributed by atoms with E-state index in [0.29, 0.717) is 19.8 Å². The van der Waals surface area contributed by atoms with Crippen molar-refractivity contribution in [3.05, 3.63) is 54.1 Å². The molecule has 0 spiro atoms. The van der Waals surface area contributed by atoms with Crippen LogP contribution in [0.5, 0.6) is 5.75 Å². The third kappa shape index (κ3) is 5.09. The lowest BCUT2D eigenvalue weighted by Crippen LogP contribution is -2.68. The molecule has 7 nitrogen and oxygen atoms in total. The van der Waals surface area contributed by atoms with Crippen molar-refractivity contribution >= 4 is 5.91 Å². The number of aliphatic hydroxyl groups excluding tert-OH is 1. The standard InChI is InChI=1S/C28H37N3O4/c1-34-26-7-3-2-6-23(26)21-8-10-22(11-9-21)28-24-18-30(12-4-5-13-31(24)25(28)20-32)27(33)19-29-14-16-35-17-15-29/h2-3,6-11,24-25,28,32H,4-5,12-20H2,1H3/t24-,25+,28+/m1/s1. The highest BCUT2D eigenvalue weighted by molar-refractivity contribution is 5.78. The average Bonchev–Trinajstić information content (AvgIpc) is 2.88. The Hall–Kier alpha value is -2.45. The Bertz CT molecular complexity index is 992. The van der Waals surface area contributed by atoms with E-state index >= 15 is 0 Å². The molecule has 2 aromatic carbocycles. The molecule has 0 unspecified atom stereocenters. The van der Waals surface area contributed by atoms with E-state index in [1.54, 1.807) is 7.11 Å². The van der Waals surface area contributed by atoms with Crippen molar-refractivity contribution in [2.24, 2.45) is 0 Å². The zero-order valence-corrected chi connectivity index (χ0v) is 20.6. The molecule has 3 atom stereocenters. The largest absolute Gasteiger partial charge is 0.496 e. The minimum absolute atomic E-state index is 0.103. The summed E-state index contributed by atoms with van der Waals surface area (Å²) in [4.78, 5) is 19.9. The number of amides is 1. The summed E-state index contributed by atoms with van der Waals surface area (Å²) < 4.78 is 11.0. The molecular weight excluding hydrogens is 442 g/mol. The first kappa shape index (κ1) is 24.3. The van der Waals surface area contributed by atoms with E-state index in [1.807, 2.05) is 18.2 Å². The molecule has 5 rings (SSSR count). The van der Waals surface area contributed by atoms with Gasteiger partial charge in [0.2, 0.25) is 5.91 Å². The van der Waals surface area contributed by atoms with E-state index in [1.165, 1.54) is 5.56 Å². The maximum atomic E-state index is 13.2. The van der Waals surface area contributed by atoms with Crippen molar-refractivity contribution in [1.82, 2.24) is 14.7 Å². The Kier molecular flexibility index (Phi) is 7.68. The van der Waals surface area contributed by atoms with Gasteiger partial charge in [0.15, 0.2) is 0 Å². The molecule has 1 N–H and O–H groups in total. The summed E-state index contributed by atoms with van der Waals surface area (Å²) in [6.07, 6.45) is 2.06. The number of nitrogens with zero attached hydrogens (tertiary/aromatic N) is 3. The highest BCUT2D eigenvalue weighted by Gasteiger charge is 2.49. The Morgan fingerprint density at radius 1 is 1.03 bits per heavy atom. The number of rotatable bonds is 6. The van der Waals surface area contributed by atoms with Crippen molar-refractivity contribution in [2.45, 2.75) is 30.8 Å². The fourth-order valence-electron chi connectivity index (χ4n) is 5.99. The van der Waals surface area contributed by atoms with Crippen LogP contribution in [0.4, 0.5) is 0 Å². The molecule has 3 heterocycles. The van der Waals surface area contributed by atoms with Gasteiger partial charge < -0.3 is 19.5 Å². The Labute approximate surface area is 208 Å². The summed E-state index contributed by atoms with van der Waals surface area (Å²) in [6.45, 7) is 6.18. The molecule has 3 aliphatic heterocycles. The number of benzene rings is 2. The normalized spacial score (nSPS) is 25.8. The van der Waals surface area contributed by atoms with Crippen LogP contribution in [0.15, 0.2) is 48.5 Å². The van der Waals surface area contributed by atoms with E-state index in [0.717, 1.165) is 62.4 Å². The predicted octanol–water partition coefficient (Wildman–Crippen LogP) is 2.45. The fraction of sp³-hybridized carbons (Fsp3) is 0.536. The van der Waals surface area contributed by atoms with Gasteiger partial charge in [-0.15, -0.1) is 0 Å². The van der Waals surface area contributed by atoms with Gasteiger partial charge in [-0.25, -0.2) is 0 Å². The molecule has 188 valence electrons. The van der Waals surface area contributed by atoms with Crippen molar-refractivity contribution in [3.8, 4) is 16.9 Å². The van der Waals surface area contributed by atoms with Crippen LogP contribution < -0.4 is 4.74 Å². The lowest BCUT2D eigenvalue weighted by atomic mass is 9.74. The summed E-state index contributed by atoms with van der Waals surface area (Å²) in [5.74, 6) is 1.28. The Balaban J connectivity index is 1.33. The van der Waals surface area contributed by atoms with Crippen LogP contribution in [0.2, 0.25) is 0 Å². The van der Waals surface area contributed by atoms with E-state index in [9.17, 15) is 9.90 Å². The molecule has 1 amide bonds. The monoisotopic (exact) mass is 479 g/mol. The topological polar surface area (TPSA) is 65.5 Å². The average molecular weight is 480 g/mol. The molecular formula is C28H37N3O4. The van der Waals surface area contributed by atoms with Crippen LogP contribution in [0.1, 0.15) is 24.3 Å². The number of hydrogen-bond donors (Lipinski definition) is 1. The van der Waals surface area contributed by atoms with Crippen LogP contribution in [0, 0.1) is 0 Å². The summed E-state index contributed by atoms with van der Waals surface area (Å²) in [6, 6.07) is 17.1. The SMILES string of the molecule is COc1ccccc1-c1ccc([C@H]2[C@H]3CN(C(=O)CN4CCOCC4)CCCCN3[C@H]2CO)cc1. The molecule has 0 radical (unpaired) electrons.